The minimum atomic E-state index is 0.764. The van der Waals surface area contributed by atoms with E-state index in [-0.39, 0.29) is 0 Å². The maximum atomic E-state index is 4.04. The first-order valence-corrected chi connectivity index (χ1v) is 3.64. The summed E-state index contributed by atoms with van der Waals surface area (Å²) < 4.78 is 0. The smallest absolute Gasteiger partial charge is 0.157 e. The molecule has 2 aromatic heterocycles. The van der Waals surface area contributed by atoms with Gasteiger partial charge in [-0.3, -0.25) is 10.1 Å². The summed E-state index contributed by atoms with van der Waals surface area (Å²) in [4.78, 5) is 8.05. The molecule has 2 rings (SSSR count). The van der Waals surface area contributed by atoms with Gasteiger partial charge in [-0.1, -0.05) is 0 Å². The second kappa shape index (κ2) is 2.73. The lowest BCUT2D eigenvalue weighted by Gasteiger charge is -1.98. The van der Waals surface area contributed by atoms with Crippen molar-refractivity contribution in [3.05, 3.63) is 30.4 Å². The van der Waals surface area contributed by atoms with Crippen LogP contribution in [0.5, 0.6) is 0 Å². The molecule has 0 amide bonds. The third kappa shape index (κ3) is 1.07. The molecule has 0 aromatic carbocycles. The van der Waals surface area contributed by atoms with E-state index in [1.807, 2.05) is 13.0 Å². The van der Waals surface area contributed by atoms with Gasteiger partial charge in [0.25, 0.3) is 0 Å². The lowest BCUT2D eigenvalue weighted by atomic mass is 10.1. The van der Waals surface area contributed by atoms with E-state index in [1.165, 1.54) is 6.33 Å². The normalized spacial score (nSPS) is 10.1. The number of nitrogens with one attached hydrogen (secondary N) is 1. The molecular weight excluding hydrogens is 152 g/mol. The van der Waals surface area contributed by atoms with Crippen LogP contribution in [0.4, 0.5) is 0 Å². The van der Waals surface area contributed by atoms with Gasteiger partial charge in [0.15, 0.2) is 5.82 Å². The number of aryl methyl sites for hydroxylation is 1. The molecule has 60 valence electrons. The van der Waals surface area contributed by atoms with E-state index in [1.54, 1.807) is 12.4 Å². The first-order valence-electron chi connectivity index (χ1n) is 3.64. The highest BCUT2D eigenvalue weighted by Crippen LogP contribution is 2.15. The number of hydrogen-bond donors (Lipinski definition) is 1. The average molecular weight is 160 g/mol. The van der Waals surface area contributed by atoms with Crippen molar-refractivity contribution in [2.75, 3.05) is 0 Å². The molecule has 0 aliphatic carbocycles. The Bertz CT molecular complexity index is 366. The Morgan fingerprint density at radius 1 is 1.42 bits per heavy atom. The van der Waals surface area contributed by atoms with E-state index >= 15 is 0 Å². The fourth-order valence-corrected chi connectivity index (χ4v) is 1.05. The molecule has 2 heterocycles. The zero-order valence-electron chi connectivity index (χ0n) is 6.65. The first kappa shape index (κ1) is 6.97. The molecule has 0 saturated carbocycles. The molecule has 0 unspecified atom stereocenters. The van der Waals surface area contributed by atoms with Crippen LogP contribution in [0.1, 0.15) is 5.56 Å². The number of aromatic nitrogens is 4. The number of H-pyrrole nitrogens is 1. The summed E-state index contributed by atoms with van der Waals surface area (Å²) in [7, 11) is 0. The number of rotatable bonds is 1. The third-order valence-corrected chi connectivity index (χ3v) is 1.71. The molecule has 4 heteroatoms. The Labute approximate surface area is 69.7 Å². The average Bonchev–Trinajstić information content (AvgIpc) is 2.57. The van der Waals surface area contributed by atoms with Gasteiger partial charge < -0.3 is 0 Å². The molecule has 0 radical (unpaired) electrons. The zero-order chi connectivity index (χ0) is 8.39. The molecular formula is C8H8N4. The summed E-state index contributed by atoms with van der Waals surface area (Å²) >= 11 is 0. The minimum absolute atomic E-state index is 0.764. The van der Waals surface area contributed by atoms with Gasteiger partial charge in [-0.05, 0) is 18.6 Å². The molecule has 4 nitrogen and oxygen atoms in total. The number of pyridine rings is 1. The van der Waals surface area contributed by atoms with E-state index in [0.29, 0.717) is 0 Å². The van der Waals surface area contributed by atoms with Crippen LogP contribution < -0.4 is 0 Å². The molecule has 2 aromatic rings. The first-order chi connectivity index (χ1) is 5.88. The van der Waals surface area contributed by atoms with E-state index in [2.05, 4.69) is 20.2 Å². The summed E-state index contributed by atoms with van der Waals surface area (Å²) in [6.07, 6.45) is 5.02. The number of aromatic amines is 1. The summed E-state index contributed by atoms with van der Waals surface area (Å²) in [5, 5.41) is 6.57. The highest BCUT2D eigenvalue weighted by atomic mass is 15.2. The van der Waals surface area contributed by atoms with E-state index in [9.17, 15) is 0 Å². The fraction of sp³-hybridized carbons (Fsp3) is 0.125. The van der Waals surface area contributed by atoms with Crippen LogP contribution in [0.25, 0.3) is 11.4 Å². The van der Waals surface area contributed by atoms with Crippen LogP contribution in [0, 0.1) is 6.92 Å². The molecule has 0 saturated heterocycles. The SMILES string of the molecule is Cc1ccncc1-c1ncn[nH]1. The standard InChI is InChI=1S/C8H8N4/c1-6-2-3-9-4-7(6)8-10-5-11-12-8/h2-5H,1H3,(H,10,11,12). The van der Waals surface area contributed by atoms with Gasteiger partial charge in [0.05, 0.1) is 0 Å². The predicted molar refractivity (Wildman–Crippen MR) is 44.4 cm³/mol. The summed E-state index contributed by atoms with van der Waals surface area (Å²) in [6.45, 7) is 2.01. The zero-order valence-corrected chi connectivity index (χ0v) is 6.65. The van der Waals surface area contributed by atoms with Crippen molar-refractivity contribution < 1.29 is 0 Å². The van der Waals surface area contributed by atoms with E-state index in [4.69, 9.17) is 0 Å². The maximum Gasteiger partial charge on any atom is 0.157 e. The van der Waals surface area contributed by atoms with Crippen molar-refractivity contribution in [1.29, 1.82) is 0 Å². The quantitative estimate of drug-likeness (QED) is 0.681. The molecule has 0 spiro atoms. The molecule has 0 fully saturated rings. The van der Waals surface area contributed by atoms with Gasteiger partial charge in [-0.15, -0.1) is 0 Å². The van der Waals surface area contributed by atoms with Crippen molar-refractivity contribution in [1.82, 2.24) is 20.2 Å². The summed E-state index contributed by atoms with van der Waals surface area (Å²) in [5.74, 6) is 0.764. The summed E-state index contributed by atoms with van der Waals surface area (Å²) in [6, 6.07) is 1.94. The maximum absolute atomic E-state index is 4.04. The van der Waals surface area contributed by atoms with Crippen LogP contribution in [0.2, 0.25) is 0 Å². The highest BCUT2D eigenvalue weighted by Gasteiger charge is 2.02. The van der Waals surface area contributed by atoms with Gasteiger partial charge in [0.1, 0.15) is 6.33 Å². The molecule has 0 aliphatic heterocycles. The van der Waals surface area contributed by atoms with Crippen molar-refractivity contribution in [3.63, 3.8) is 0 Å². The Morgan fingerprint density at radius 3 is 3.00 bits per heavy atom. The number of hydrogen-bond acceptors (Lipinski definition) is 3. The molecule has 0 aliphatic rings. The molecule has 12 heavy (non-hydrogen) atoms. The highest BCUT2D eigenvalue weighted by molar-refractivity contribution is 5.57. The van der Waals surface area contributed by atoms with Crippen molar-refractivity contribution in [3.8, 4) is 11.4 Å². The topological polar surface area (TPSA) is 54.5 Å². The van der Waals surface area contributed by atoms with Crippen molar-refractivity contribution >= 4 is 0 Å². The van der Waals surface area contributed by atoms with Gasteiger partial charge in [0.2, 0.25) is 0 Å². The van der Waals surface area contributed by atoms with Gasteiger partial charge in [-0.25, -0.2) is 4.98 Å². The Kier molecular flexibility index (Phi) is 1.59. The van der Waals surface area contributed by atoms with Crippen molar-refractivity contribution in [2.45, 2.75) is 6.92 Å². The largest absolute Gasteiger partial charge is 0.264 e. The third-order valence-electron chi connectivity index (χ3n) is 1.71. The predicted octanol–water partition coefficient (Wildman–Crippen LogP) is 1.18. The lowest BCUT2D eigenvalue weighted by Crippen LogP contribution is -1.86. The fourth-order valence-electron chi connectivity index (χ4n) is 1.05. The van der Waals surface area contributed by atoms with Crippen LogP contribution in [0.15, 0.2) is 24.8 Å². The minimum Gasteiger partial charge on any atom is -0.264 e. The monoisotopic (exact) mass is 160 g/mol. The van der Waals surface area contributed by atoms with E-state index in [0.717, 1.165) is 17.0 Å². The summed E-state index contributed by atoms with van der Waals surface area (Å²) in [5.41, 5.74) is 2.14. The molecule has 0 bridgehead atoms. The van der Waals surface area contributed by atoms with Crippen molar-refractivity contribution in [2.24, 2.45) is 0 Å². The van der Waals surface area contributed by atoms with Crippen LogP contribution in [0.3, 0.4) is 0 Å². The number of nitrogens with zero attached hydrogens (tertiary/aromatic N) is 3. The Hall–Kier alpha value is -1.71. The van der Waals surface area contributed by atoms with Crippen LogP contribution in [-0.4, -0.2) is 20.2 Å². The Balaban J connectivity index is 2.55. The second-order valence-corrected chi connectivity index (χ2v) is 2.52. The second-order valence-electron chi connectivity index (χ2n) is 2.52. The molecule has 0 atom stereocenters. The molecule has 1 N–H and O–H groups in total. The van der Waals surface area contributed by atoms with Gasteiger partial charge in [-0.2, -0.15) is 5.10 Å². The van der Waals surface area contributed by atoms with Crippen LogP contribution in [-0.2, 0) is 0 Å². The Morgan fingerprint density at radius 2 is 2.33 bits per heavy atom. The van der Waals surface area contributed by atoms with Crippen LogP contribution >= 0.6 is 0 Å². The van der Waals surface area contributed by atoms with Gasteiger partial charge >= 0.3 is 0 Å². The van der Waals surface area contributed by atoms with Gasteiger partial charge in [0, 0.05) is 18.0 Å². The van der Waals surface area contributed by atoms with E-state index < -0.39 is 0 Å². The lowest BCUT2D eigenvalue weighted by molar-refractivity contribution is 1.09.